The lowest BCUT2D eigenvalue weighted by Gasteiger charge is -2.21. The number of anilines is 2. The summed E-state index contributed by atoms with van der Waals surface area (Å²) in [6, 6.07) is 4.61. The average molecular weight is 255 g/mol. The molecule has 1 saturated carbocycles. The van der Waals surface area contributed by atoms with Gasteiger partial charge in [0, 0.05) is 13.6 Å². The lowest BCUT2D eigenvalue weighted by molar-refractivity contribution is 0.598. The highest BCUT2D eigenvalue weighted by molar-refractivity contribution is 7.89. The summed E-state index contributed by atoms with van der Waals surface area (Å²) in [5.41, 5.74) is 7.15. The Bertz CT molecular complexity index is 524. The zero-order chi connectivity index (χ0) is 12.6. The van der Waals surface area contributed by atoms with Crippen LogP contribution in [-0.2, 0) is 10.0 Å². The lowest BCUT2D eigenvalue weighted by Crippen LogP contribution is -2.21. The van der Waals surface area contributed by atoms with Gasteiger partial charge in [-0.25, -0.2) is 13.6 Å². The van der Waals surface area contributed by atoms with E-state index in [0.29, 0.717) is 5.69 Å². The predicted octanol–water partition coefficient (Wildman–Crippen LogP) is 0.762. The maximum absolute atomic E-state index is 11.2. The fourth-order valence-electron chi connectivity index (χ4n) is 1.84. The minimum atomic E-state index is -3.68. The summed E-state index contributed by atoms with van der Waals surface area (Å²) >= 11 is 0. The Kier molecular flexibility index (Phi) is 3.01. The van der Waals surface area contributed by atoms with Gasteiger partial charge >= 0.3 is 0 Å². The van der Waals surface area contributed by atoms with Gasteiger partial charge in [0.05, 0.1) is 16.3 Å². The van der Waals surface area contributed by atoms with Crippen molar-refractivity contribution in [2.24, 2.45) is 11.1 Å². The number of hydrogen-bond donors (Lipinski definition) is 2. The minimum Gasteiger partial charge on any atom is -0.397 e. The highest BCUT2D eigenvalue weighted by Crippen LogP contribution is 2.32. The van der Waals surface area contributed by atoms with Gasteiger partial charge in [0.25, 0.3) is 0 Å². The molecule has 94 valence electrons. The molecule has 0 aliphatic heterocycles. The van der Waals surface area contributed by atoms with Crippen molar-refractivity contribution >= 4 is 21.4 Å². The van der Waals surface area contributed by atoms with Crippen LogP contribution in [0.4, 0.5) is 11.4 Å². The summed E-state index contributed by atoms with van der Waals surface area (Å²) in [4.78, 5) is 2.11. The molecule has 4 N–H and O–H groups in total. The third-order valence-electron chi connectivity index (χ3n) is 2.97. The summed E-state index contributed by atoms with van der Waals surface area (Å²) in [7, 11) is -1.72. The monoisotopic (exact) mass is 255 g/mol. The van der Waals surface area contributed by atoms with E-state index in [1.807, 2.05) is 7.05 Å². The molecule has 0 amide bonds. The van der Waals surface area contributed by atoms with E-state index < -0.39 is 10.0 Å². The zero-order valence-electron chi connectivity index (χ0n) is 9.76. The largest absolute Gasteiger partial charge is 0.397 e. The fourth-order valence-corrected chi connectivity index (χ4v) is 2.39. The molecule has 0 unspecified atom stereocenters. The van der Waals surface area contributed by atoms with Crippen molar-refractivity contribution in [3.05, 3.63) is 18.2 Å². The molecule has 5 nitrogen and oxygen atoms in total. The van der Waals surface area contributed by atoms with E-state index in [0.717, 1.165) is 18.2 Å². The van der Waals surface area contributed by atoms with E-state index in [-0.39, 0.29) is 4.90 Å². The first-order valence-electron chi connectivity index (χ1n) is 5.51. The van der Waals surface area contributed by atoms with Crippen LogP contribution in [0.1, 0.15) is 12.8 Å². The summed E-state index contributed by atoms with van der Waals surface area (Å²) in [5, 5.41) is 5.05. The number of nitrogens with zero attached hydrogens (tertiary/aromatic N) is 1. The van der Waals surface area contributed by atoms with Gasteiger partial charge in [-0.15, -0.1) is 0 Å². The van der Waals surface area contributed by atoms with Crippen molar-refractivity contribution in [1.82, 2.24) is 0 Å². The number of rotatable bonds is 4. The van der Waals surface area contributed by atoms with Crippen molar-refractivity contribution in [2.45, 2.75) is 17.7 Å². The summed E-state index contributed by atoms with van der Waals surface area (Å²) in [6.07, 6.45) is 2.53. The second kappa shape index (κ2) is 4.19. The molecule has 0 aromatic heterocycles. The predicted molar refractivity (Wildman–Crippen MR) is 68.2 cm³/mol. The summed E-state index contributed by atoms with van der Waals surface area (Å²) in [6.45, 7) is 0.957. The number of nitrogen functional groups attached to an aromatic ring is 1. The van der Waals surface area contributed by atoms with Crippen LogP contribution in [0.25, 0.3) is 0 Å². The van der Waals surface area contributed by atoms with Gasteiger partial charge in [-0.1, -0.05) is 0 Å². The molecule has 1 aliphatic rings. The first-order chi connectivity index (χ1) is 7.88. The van der Waals surface area contributed by atoms with E-state index in [2.05, 4.69) is 4.90 Å². The second-order valence-corrected chi connectivity index (χ2v) is 6.15. The van der Waals surface area contributed by atoms with Crippen LogP contribution in [0.5, 0.6) is 0 Å². The van der Waals surface area contributed by atoms with Crippen molar-refractivity contribution in [1.29, 1.82) is 0 Å². The molecule has 6 heteroatoms. The molecule has 0 saturated heterocycles. The Labute approximate surface area is 101 Å². The number of sulfonamides is 1. The van der Waals surface area contributed by atoms with Crippen LogP contribution in [0, 0.1) is 5.92 Å². The molecule has 0 atom stereocenters. The van der Waals surface area contributed by atoms with Gasteiger partial charge in [0.1, 0.15) is 0 Å². The molecule has 0 heterocycles. The van der Waals surface area contributed by atoms with E-state index >= 15 is 0 Å². The van der Waals surface area contributed by atoms with Crippen molar-refractivity contribution in [3.8, 4) is 0 Å². The SMILES string of the molecule is CN(CC1CC1)c1ccc(S(N)(=O)=O)cc1N. The Morgan fingerprint density at radius 3 is 2.53 bits per heavy atom. The molecular weight excluding hydrogens is 238 g/mol. The summed E-state index contributed by atoms with van der Waals surface area (Å²) in [5.74, 6) is 0.748. The van der Waals surface area contributed by atoms with Crippen LogP contribution < -0.4 is 15.8 Å². The van der Waals surface area contributed by atoms with Gasteiger partial charge in [-0.05, 0) is 37.0 Å². The van der Waals surface area contributed by atoms with E-state index in [4.69, 9.17) is 10.9 Å². The quantitative estimate of drug-likeness (QED) is 0.777. The number of nitrogens with two attached hydrogens (primary N) is 2. The van der Waals surface area contributed by atoms with Gasteiger partial charge < -0.3 is 10.6 Å². The van der Waals surface area contributed by atoms with Crippen LogP contribution >= 0.6 is 0 Å². The van der Waals surface area contributed by atoms with E-state index in [9.17, 15) is 8.42 Å². The number of hydrogen-bond acceptors (Lipinski definition) is 4. The maximum Gasteiger partial charge on any atom is 0.238 e. The van der Waals surface area contributed by atoms with Crippen molar-refractivity contribution in [2.75, 3.05) is 24.2 Å². The number of primary sulfonamides is 1. The molecule has 0 bridgehead atoms. The number of benzene rings is 1. The molecule has 0 spiro atoms. The molecule has 1 aromatic rings. The van der Waals surface area contributed by atoms with Crippen LogP contribution in [0.3, 0.4) is 0 Å². The second-order valence-electron chi connectivity index (χ2n) is 4.59. The van der Waals surface area contributed by atoms with Gasteiger partial charge in [-0.3, -0.25) is 0 Å². The Balaban J connectivity index is 2.24. The van der Waals surface area contributed by atoms with Crippen LogP contribution in [0.15, 0.2) is 23.1 Å². The highest BCUT2D eigenvalue weighted by Gasteiger charge is 2.23. The summed E-state index contributed by atoms with van der Waals surface area (Å²) < 4.78 is 22.3. The van der Waals surface area contributed by atoms with Gasteiger partial charge in [0.15, 0.2) is 0 Å². The van der Waals surface area contributed by atoms with Crippen molar-refractivity contribution in [3.63, 3.8) is 0 Å². The Morgan fingerprint density at radius 1 is 1.41 bits per heavy atom. The van der Waals surface area contributed by atoms with Crippen LogP contribution in [-0.4, -0.2) is 22.0 Å². The first kappa shape index (κ1) is 12.2. The molecule has 2 rings (SSSR count). The Morgan fingerprint density at radius 2 is 2.06 bits per heavy atom. The third-order valence-corrected chi connectivity index (χ3v) is 3.88. The smallest absolute Gasteiger partial charge is 0.238 e. The van der Waals surface area contributed by atoms with E-state index in [1.54, 1.807) is 6.07 Å². The molecule has 17 heavy (non-hydrogen) atoms. The van der Waals surface area contributed by atoms with Crippen LogP contribution in [0.2, 0.25) is 0 Å². The molecule has 1 aromatic carbocycles. The average Bonchev–Trinajstić information content (AvgIpc) is 2.99. The zero-order valence-corrected chi connectivity index (χ0v) is 10.6. The molecule has 1 fully saturated rings. The third kappa shape index (κ3) is 2.89. The molecule has 0 radical (unpaired) electrons. The highest BCUT2D eigenvalue weighted by atomic mass is 32.2. The fraction of sp³-hybridized carbons (Fsp3) is 0.455. The van der Waals surface area contributed by atoms with E-state index in [1.165, 1.54) is 25.0 Å². The standard InChI is InChI=1S/C11H17N3O2S/c1-14(7-8-2-3-8)11-5-4-9(6-10(11)12)17(13,15)16/h4-6,8H,2-3,7,12H2,1H3,(H2,13,15,16). The minimum absolute atomic E-state index is 0.0542. The van der Waals surface area contributed by atoms with Gasteiger partial charge in [0.2, 0.25) is 10.0 Å². The lowest BCUT2D eigenvalue weighted by atomic mass is 10.2. The first-order valence-corrected chi connectivity index (χ1v) is 7.06. The normalized spacial score (nSPS) is 15.9. The van der Waals surface area contributed by atoms with Crippen molar-refractivity contribution < 1.29 is 8.42 Å². The topological polar surface area (TPSA) is 89.4 Å². The maximum atomic E-state index is 11.2. The molecule has 1 aliphatic carbocycles. The Hall–Kier alpha value is -1.27. The van der Waals surface area contributed by atoms with Gasteiger partial charge in [-0.2, -0.15) is 0 Å². The molecular formula is C11H17N3O2S.